The van der Waals surface area contributed by atoms with E-state index in [1.165, 1.54) is 0 Å². The van der Waals surface area contributed by atoms with Gasteiger partial charge in [-0.3, -0.25) is 0 Å². The van der Waals surface area contributed by atoms with Gasteiger partial charge in [-0.2, -0.15) is 0 Å². The summed E-state index contributed by atoms with van der Waals surface area (Å²) in [7, 11) is 4.65. The highest BCUT2D eigenvalue weighted by Gasteiger charge is 2.48. The Balaban J connectivity index is 1.68. The molecule has 0 saturated heterocycles. The molecule has 9 heteroatoms. The lowest BCUT2D eigenvalue weighted by Gasteiger charge is -2.26. The highest BCUT2D eigenvalue weighted by atomic mass is 16.7. The van der Waals surface area contributed by atoms with Crippen LogP contribution in [0.5, 0.6) is 17.2 Å². The molecule has 3 aromatic carbocycles. The van der Waals surface area contributed by atoms with Gasteiger partial charge in [-0.1, -0.05) is 12.1 Å². The first-order valence-corrected chi connectivity index (χ1v) is 10.7. The van der Waals surface area contributed by atoms with Gasteiger partial charge >= 0.3 is 5.97 Å². The molecular weight excluding hydrogens is 452 g/mol. The third-order valence-electron chi connectivity index (χ3n) is 6.01. The monoisotopic (exact) mass is 474 g/mol. The van der Waals surface area contributed by atoms with Crippen molar-refractivity contribution < 1.29 is 33.5 Å². The van der Waals surface area contributed by atoms with Crippen LogP contribution in [0.1, 0.15) is 16.7 Å². The summed E-state index contributed by atoms with van der Waals surface area (Å²) in [6.07, 6.45) is 0.194. The van der Waals surface area contributed by atoms with Gasteiger partial charge in [0.2, 0.25) is 0 Å². The van der Waals surface area contributed by atoms with Gasteiger partial charge in [0.1, 0.15) is 16.8 Å². The number of carbonyl (C=O) groups is 1. The van der Waals surface area contributed by atoms with Crippen LogP contribution in [-0.4, -0.2) is 42.7 Å². The minimum atomic E-state index is -2.00. The quantitative estimate of drug-likeness (QED) is 0.401. The molecule has 1 aromatic heterocycles. The van der Waals surface area contributed by atoms with E-state index in [1.807, 2.05) is 6.07 Å². The lowest BCUT2D eigenvalue weighted by molar-refractivity contribution is -0.185. The maximum Gasteiger partial charge on any atom is 0.342 e. The number of cyclic esters (lactones) is 1. The number of rotatable bonds is 7. The molecule has 0 fully saturated rings. The molecule has 35 heavy (non-hydrogen) atoms. The van der Waals surface area contributed by atoms with Crippen LogP contribution in [-0.2, 0) is 21.7 Å². The van der Waals surface area contributed by atoms with Gasteiger partial charge in [-0.15, -0.1) is 0 Å². The fourth-order valence-electron chi connectivity index (χ4n) is 4.22. The Hall–Kier alpha value is -4.37. The van der Waals surface area contributed by atoms with Crippen molar-refractivity contribution in [2.45, 2.75) is 12.2 Å². The maximum absolute atomic E-state index is 13.2. The number of hydrogen-bond acceptors (Lipinski definition) is 9. The van der Waals surface area contributed by atoms with Gasteiger partial charge in [0.25, 0.3) is 5.79 Å². The molecule has 0 spiro atoms. The number of hydrogen-bond donors (Lipinski definition) is 1. The van der Waals surface area contributed by atoms with Crippen LogP contribution in [0, 0.1) is 0 Å². The summed E-state index contributed by atoms with van der Waals surface area (Å²) in [4.78, 5) is 13.2. The van der Waals surface area contributed by atoms with E-state index in [2.05, 4.69) is 10.3 Å². The fourth-order valence-corrected chi connectivity index (χ4v) is 4.22. The summed E-state index contributed by atoms with van der Waals surface area (Å²) >= 11 is 0. The molecule has 0 aliphatic carbocycles. The minimum absolute atomic E-state index is 0.194. The van der Waals surface area contributed by atoms with Crippen molar-refractivity contribution in [1.29, 1.82) is 0 Å². The molecule has 1 atom stereocenters. The van der Waals surface area contributed by atoms with Gasteiger partial charge in [-0.05, 0) is 70.0 Å². The van der Waals surface area contributed by atoms with Gasteiger partial charge in [0.05, 0.1) is 26.9 Å². The van der Waals surface area contributed by atoms with Gasteiger partial charge in [0.15, 0.2) is 11.5 Å². The Labute approximate surface area is 200 Å². The van der Waals surface area contributed by atoms with Crippen LogP contribution >= 0.6 is 0 Å². The van der Waals surface area contributed by atoms with Crippen LogP contribution in [0.15, 0.2) is 70.9 Å². The zero-order chi connectivity index (χ0) is 24.6. The lowest BCUT2D eigenvalue weighted by atomic mass is 9.88. The Morgan fingerprint density at radius 3 is 2.31 bits per heavy atom. The van der Waals surface area contributed by atoms with Crippen LogP contribution in [0.2, 0.25) is 0 Å². The van der Waals surface area contributed by atoms with E-state index < -0.39 is 11.8 Å². The summed E-state index contributed by atoms with van der Waals surface area (Å²) in [5, 5.41) is 19.5. The number of benzene rings is 3. The molecule has 1 unspecified atom stereocenters. The number of carbonyl (C=O) groups excluding carboxylic acids is 1. The smallest absolute Gasteiger partial charge is 0.342 e. The molecule has 178 valence electrons. The number of aromatic nitrogens is 2. The van der Waals surface area contributed by atoms with Crippen LogP contribution in [0.3, 0.4) is 0 Å². The second-order valence-electron chi connectivity index (χ2n) is 7.95. The predicted molar refractivity (Wildman–Crippen MR) is 125 cm³/mol. The van der Waals surface area contributed by atoms with Crippen molar-refractivity contribution in [2.75, 3.05) is 21.3 Å². The van der Waals surface area contributed by atoms with E-state index in [4.69, 9.17) is 23.6 Å². The van der Waals surface area contributed by atoms with E-state index in [0.717, 1.165) is 5.56 Å². The Morgan fingerprint density at radius 1 is 0.857 bits per heavy atom. The van der Waals surface area contributed by atoms with E-state index in [9.17, 15) is 9.90 Å². The number of esters is 1. The highest BCUT2D eigenvalue weighted by Crippen LogP contribution is 2.45. The standard InChI is InChI=1S/C26H22N2O7/c1-31-18-8-6-17(7-9-18)26(30)19(12-15-4-11-22(32-2)23(13-15)33-3)24(25(29)34-26)16-5-10-20-21(14-16)28-35-27-20/h4-11,13-14,30H,12H2,1-3H3. The molecule has 2 heterocycles. The highest BCUT2D eigenvalue weighted by molar-refractivity contribution is 6.20. The Bertz CT molecular complexity index is 1440. The van der Waals surface area contributed by atoms with Crippen molar-refractivity contribution in [1.82, 2.24) is 10.3 Å². The van der Waals surface area contributed by atoms with E-state index in [0.29, 0.717) is 45.0 Å². The first kappa shape index (κ1) is 22.4. The average molecular weight is 474 g/mol. The fraction of sp³-hybridized carbons (Fsp3) is 0.192. The van der Waals surface area contributed by atoms with Crippen LogP contribution < -0.4 is 14.2 Å². The summed E-state index contributed by atoms with van der Waals surface area (Å²) in [6.45, 7) is 0. The summed E-state index contributed by atoms with van der Waals surface area (Å²) in [6, 6.07) is 17.2. The normalized spacial score (nSPS) is 17.5. The second-order valence-corrected chi connectivity index (χ2v) is 7.95. The summed E-state index contributed by atoms with van der Waals surface area (Å²) in [5.74, 6) is -0.951. The van der Waals surface area contributed by atoms with Gasteiger partial charge in [-0.25, -0.2) is 9.42 Å². The predicted octanol–water partition coefficient (Wildman–Crippen LogP) is 3.65. The zero-order valence-electron chi connectivity index (χ0n) is 19.3. The SMILES string of the molecule is COc1ccc(C2(O)OC(=O)C(c3ccc4nonc4c3)=C2Cc2ccc(OC)c(OC)c2)cc1. The Morgan fingerprint density at radius 2 is 1.60 bits per heavy atom. The lowest BCUT2D eigenvalue weighted by Crippen LogP contribution is -2.29. The Kier molecular flexibility index (Phi) is 5.62. The summed E-state index contributed by atoms with van der Waals surface area (Å²) < 4.78 is 26.4. The maximum atomic E-state index is 13.2. The van der Waals surface area contributed by atoms with Crippen molar-refractivity contribution in [3.63, 3.8) is 0 Å². The van der Waals surface area contributed by atoms with E-state index in [-0.39, 0.29) is 12.0 Å². The molecule has 4 aromatic rings. The van der Waals surface area contributed by atoms with Gasteiger partial charge < -0.3 is 24.1 Å². The molecule has 0 saturated carbocycles. The number of aliphatic hydroxyl groups is 1. The zero-order valence-corrected chi connectivity index (χ0v) is 19.3. The number of nitrogens with zero attached hydrogens (tertiary/aromatic N) is 2. The van der Waals surface area contributed by atoms with Crippen molar-refractivity contribution in [2.24, 2.45) is 0 Å². The minimum Gasteiger partial charge on any atom is -0.497 e. The third kappa shape index (κ3) is 3.85. The van der Waals surface area contributed by atoms with Crippen molar-refractivity contribution in [3.05, 3.63) is 82.9 Å². The van der Waals surface area contributed by atoms with E-state index >= 15 is 0 Å². The molecule has 1 aliphatic rings. The van der Waals surface area contributed by atoms with Crippen LogP contribution in [0.4, 0.5) is 0 Å². The average Bonchev–Trinajstić information content (AvgIpc) is 3.45. The molecule has 5 rings (SSSR count). The largest absolute Gasteiger partial charge is 0.497 e. The molecule has 0 amide bonds. The van der Waals surface area contributed by atoms with Crippen LogP contribution in [0.25, 0.3) is 16.6 Å². The number of ether oxygens (including phenoxy) is 4. The van der Waals surface area contributed by atoms with Crippen molar-refractivity contribution in [3.8, 4) is 17.2 Å². The molecule has 1 N–H and O–H groups in total. The third-order valence-corrected chi connectivity index (χ3v) is 6.01. The molecule has 0 radical (unpaired) electrons. The first-order valence-electron chi connectivity index (χ1n) is 10.7. The number of methoxy groups -OCH3 is 3. The number of fused-ring (bicyclic) bond motifs is 1. The van der Waals surface area contributed by atoms with Crippen molar-refractivity contribution >= 4 is 22.6 Å². The summed E-state index contributed by atoms with van der Waals surface area (Å²) in [5.41, 5.74) is 3.34. The topological polar surface area (TPSA) is 113 Å². The molecule has 0 bridgehead atoms. The van der Waals surface area contributed by atoms with E-state index in [1.54, 1.807) is 75.9 Å². The first-order chi connectivity index (χ1) is 17.0. The molecule has 1 aliphatic heterocycles. The van der Waals surface area contributed by atoms with Gasteiger partial charge in [0, 0.05) is 17.6 Å². The molecular formula is C26H22N2O7. The molecule has 9 nitrogen and oxygen atoms in total. The second kappa shape index (κ2) is 8.77.